The van der Waals surface area contributed by atoms with Crippen LogP contribution in [-0.4, -0.2) is 29.0 Å². The number of rotatable bonds is 1. The summed E-state index contributed by atoms with van der Waals surface area (Å²) in [4.78, 5) is 3.73. The van der Waals surface area contributed by atoms with Gasteiger partial charge < -0.3 is 5.11 Å². The van der Waals surface area contributed by atoms with E-state index in [1.54, 1.807) is 0 Å². The lowest BCUT2D eigenvalue weighted by atomic mass is 9.87. The zero-order chi connectivity index (χ0) is 13.0. The molecule has 0 spiro atoms. The molecule has 2 bridgehead atoms. The Balaban J connectivity index is 2.00. The van der Waals surface area contributed by atoms with E-state index in [0.29, 0.717) is 18.4 Å². The molecule has 0 amide bonds. The van der Waals surface area contributed by atoms with Gasteiger partial charge >= 0.3 is 0 Å². The van der Waals surface area contributed by atoms with Crippen molar-refractivity contribution in [1.82, 2.24) is 4.98 Å². The molecule has 1 N–H and O–H groups in total. The van der Waals surface area contributed by atoms with Crippen molar-refractivity contribution in [3.63, 3.8) is 0 Å². The Morgan fingerprint density at radius 2 is 1.89 bits per heavy atom. The Kier molecular flexibility index (Phi) is 2.50. The van der Waals surface area contributed by atoms with Crippen LogP contribution in [0.15, 0.2) is 18.5 Å². The molecule has 3 rings (SSSR count). The molecule has 0 aromatic carbocycles. The first kappa shape index (κ1) is 12.0. The van der Waals surface area contributed by atoms with Gasteiger partial charge in [0.2, 0.25) is 0 Å². The topological polar surface area (TPSA) is 67.3 Å². The first-order chi connectivity index (χ1) is 8.42. The molecule has 3 heterocycles. The highest BCUT2D eigenvalue weighted by Crippen LogP contribution is 2.47. The highest BCUT2D eigenvalue weighted by Gasteiger charge is 2.53. The van der Waals surface area contributed by atoms with E-state index < -0.39 is 31.8 Å². The van der Waals surface area contributed by atoms with Crippen LogP contribution < -0.4 is 0 Å². The Morgan fingerprint density at radius 1 is 1.28 bits per heavy atom. The van der Waals surface area contributed by atoms with Crippen molar-refractivity contribution in [1.29, 1.82) is 0 Å². The van der Waals surface area contributed by atoms with Crippen LogP contribution in [0.25, 0.3) is 0 Å². The van der Waals surface area contributed by atoms with Crippen molar-refractivity contribution >= 4 is 9.84 Å². The third-order valence-electron chi connectivity index (χ3n) is 4.11. The van der Waals surface area contributed by atoms with E-state index in [-0.39, 0.29) is 12.8 Å². The predicted octanol–water partition coefficient (Wildman–Crippen LogP) is 1.15. The van der Waals surface area contributed by atoms with Gasteiger partial charge in [-0.05, 0) is 31.7 Å². The summed E-state index contributed by atoms with van der Waals surface area (Å²) in [5, 5.41) is 9.62. The third-order valence-corrected chi connectivity index (χ3v) is 6.78. The van der Waals surface area contributed by atoms with Gasteiger partial charge in [0.25, 0.3) is 0 Å². The van der Waals surface area contributed by atoms with Gasteiger partial charge in [-0.3, -0.25) is 4.98 Å². The molecule has 18 heavy (non-hydrogen) atoms. The SMILES string of the molecule is O=S1(=O)C2CCC1CC(O)(c1cncc(F)c1)C2. The Bertz CT molecular complexity index is 567. The number of aliphatic hydroxyl groups is 1. The number of fused-ring (bicyclic) bond motifs is 2. The van der Waals surface area contributed by atoms with Crippen molar-refractivity contribution < 1.29 is 17.9 Å². The van der Waals surface area contributed by atoms with Crippen LogP contribution in [0.5, 0.6) is 0 Å². The van der Waals surface area contributed by atoms with Gasteiger partial charge in [0.1, 0.15) is 5.82 Å². The maximum atomic E-state index is 13.2. The molecular weight excluding hydrogens is 257 g/mol. The van der Waals surface area contributed by atoms with E-state index in [1.165, 1.54) is 12.3 Å². The molecule has 4 nitrogen and oxygen atoms in total. The standard InChI is InChI=1S/C12H14FNO3S/c13-9-3-8(6-14-7-9)12(15)4-10-1-2-11(5-12)18(10,16)17/h3,6-7,10-11,15H,1-2,4-5H2. The van der Waals surface area contributed by atoms with Crippen LogP contribution in [-0.2, 0) is 15.4 Å². The summed E-state index contributed by atoms with van der Waals surface area (Å²) in [6.45, 7) is 0. The summed E-state index contributed by atoms with van der Waals surface area (Å²) in [5.74, 6) is -0.512. The summed E-state index contributed by atoms with van der Waals surface area (Å²) in [6.07, 6.45) is 3.98. The van der Waals surface area contributed by atoms with Crippen LogP contribution in [0.1, 0.15) is 31.2 Å². The number of aromatic nitrogens is 1. The Morgan fingerprint density at radius 3 is 2.44 bits per heavy atom. The quantitative estimate of drug-likeness (QED) is 0.832. The number of pyridine rings is 1. The normalized spacial score (nSPS) is 37.7. The Hall–Kier alpha value is -1.01. The average molecular weight is 271 g/mol. The molecule has 2 saturated heterocycles. The summed E-state index contributed by atoms with van der Waals surface area (Å²) >= 11 is 0. The molecule has 6 heteroatoms. The van der Waals surface area contributed by atoms with Crippen molar-refractivity contribution in [2.45, 2.75) is 41.8 Å². The van der Waals surface area contributed by atoms with Crippen molar-refractivity contribution in [2.24, 2.45) is 0 Å². The minimum absolute atomic E-state index is 0.150. The molecular formula is C12H14FNO3S. The number of sulfone groups is 1. The molecule has 1 aromatic rings. The second kappa shape index (κ2) is 3.74. The number of nitrogens with zero attached hydrogens (tertiary/aromatic N) is 1. The minimum Gasteiger partial charge on any atom is -0.385 e. The molecule has 2 unspecified atom stereocenters. The summed E-state index contributed by atoms with van der Waals surface area (Å²) in [5.41, 5.74) is -0.874. The maximum absolute atomic E-state index is 13.2. The van der Waals surface area contributed by atoms with Crippen molar-refractivity contribution in [3.05, 3.63) is 29.8 Å². The molecule has 0 saturated carbocycles. The fraction of sp³-hybridized carbons (Fsp3) is 0.583. The van der Waals surface area contributed by atoms with Gasteiger partial charge in [-0.15, -0.1) is 0 Å². The van der Waals surface area contributed by atoms with Gasteiger partial charge in [-0.2, -0.15) is 0 Å². The van der Waals surface area contributed by atoms with E-state index in [2.05, 4.69) is 4.98 Å². The number of hydrogen-bond acceptors (Lipinski definition) is 4. The number of hydrogen-bond donors (Lipinski definition) is 1. The lowest BCUT2D eigenvalue weighted by Gasteiger charge is -2.36. The first-order valence-electron chi connectivity index (χ1n) is 5.98. The summed E-state index contributed by atoms with van der Waals surface area (Å²) < 4.78 is 37.1. The van der Waals surface area contributed by atoms with E-state index in [1.807, 2.05) is 0 Å². The van der Waals surface area contributed by atoms with E-state index in [0.717, 1.165) is 6.20 Å². The largest absolute Gasteiger partial charge is 0.385 e. The molecule has 2 fully saturated rings. The fourth-order valence-electron chi connectivity index (χ4n) is 3.15. The highest BCUT2D eigenvalue weighted by atomic mass is 32.2. The zero-order valence-electron chi connectivity index (χ0n) is 9.71. The zero-order valence-corrected chi connectivity index (χ0v) is 10.5. The summed E-state index contributed by atoms with van der Waals surface area (Å²) in [7, 11) is -3.09. The second-order valence-corrected chi connectivity index (χ2v) is 7.75. The lowest BCUT2D eigenvalue weighted by Crippen LogP contribution is -2.43. The van der Waals surface area contributed by atoms with Gasteiger partial charge in [0, 0.05) is 11.8 Å². The van der Waals surface area contributed by atoms with Crippen LogP contribution in [0.3, 0.4) is 0 Å². The molecule has 2 aliphatic rings. The summed E-state index contributed by atoms with van der Waals surface area (Å²) in [6, 6.07) is 1.24. The van der Waals surface area contributed by atoms with Crippen molar-refractivity contribution in [2.75, 3.05) is 0 Å². The molecule has 1 aromatic heterocycles. The minimum atomic E-state index is -3.09. The van der Waals surface area contributed by atoms with Gasteiger partial charge in [0.15, 0.2) is 9.84 Å². The smallest absolute Gasteiger partial charge is 0.156 e. The van der Waals surface area contributed by atoms with E-state index in [9.17, 15) is 17.9 Å². The highest BCUT2D eigenvalue weighted by molar-refractivity contribution is 7.93. The molecule has 0 aliphatic carbocycles. The third kappa shape index (κ3) is 1.66. The van der Waals surface area contributed by atoms with Crippen molar-refractivity contribution in [3.8, 4) is 0 Å². The van der Waals surface area contributed by atoms with Gasteiger partial charge in [-0.25, -0.2) is 12.8 Å². The molecule has 98 valence electrons. The molecule has 2 aliphatic heterocycles. The van der Waals surface area contributed by atoms with Gasteiger partial charge in [0.05, 0.1) is 22.3 Å². The van der Waals surface area contributed by atoms with Crippen LogP contribution in [0.2, 0.25) is 0 Å². The molecule has 2 atom stereocenters. The van der Waals surface area contributed by atoms with Crippen LogP contribution in [0.4, 0.5) is 4.39 Å². The molecule has 0 radical (unpaired) electrons. The fourth-order valence-corrected chi connectivity index (χ4v) is 5.64. The van der Waals surface area contributed by atoms with Crippen LogP contribution >= 0.6 is 0 Å². The van der Waals surface area contributed by atoms with E-state index in [4.69, 9.17) is 0 Å². The first-order valence-corrected chi connectivity index (χ1v) is 7.59. The maximum Gasteiger partial charge on any atom is 0.156 e. The second-order valence-electron chi connectivity index (χ2n) is 5.24. The van der Waals surface area contributed by atoms with E-state index >= 15 is 0 Å². The number of halogens is 1. The van der Waals surface area contributed by atoms with Gasteiger partial charge in [-0.1, -0.05) is 0 Å². The Labute approximate surface area is 105 Å². The average Bonchev–Trinajstić information content (AvgIpc) is 2.51. The van der Waals surface area contributed by atoms with Crippen LogP contribution in [0, 0.1) is 5.82 Å². The predicted molar refractivity (Wildman–Crippen MR) is 63.1 cm³/mol. The monoisotopic (exact) mass is 271 g/mol. The lowest BCUT2D eigenvalue weighted by molar-refractivity contribution is 0.0167.